The first-order chi connectivity index (χ1) is 15.6. The minimum atomic E-state index is 0.140. The molecule has 0 bridgehead atoms. The molecule has 1 amide bonds. The highest BCUT2D eigenvalue weighted by Gasteiger charge is 2.23. The largest absolute Gasteiger partial charge is 0.497 e. The van der Waals surface area contributed by atoms with Crippen molar-refractivity contribution in [3.05, 3.63) is 89.4 Å². The number of amides is 1. The molecule has 0 radical (unpaired) electrons. The van der Waals surface area contributed by atoms with Gasteiger partial charge in [0.2, 0.25) is 5.91 Å². The van der Waals surface area contributed by atoms with Crippen molar-refractivity contribution in [2.24, 2.45) is 0 Å². The molecule has 6 heteroatoms. The molecule has 1 saturated heterocycles. The number of nitrogens with zero attached hydrogens (tertiary/aromatic N) is 3. The molecule has 0 atom stereocenters. The zero-order chi connectivity index (χ0) is 22.3. The third-order valence-corrected chi connectivity index (χ3v) is 6.04. The van der Waals surface area contributed by atoms with Crippen LogP contribution in [0.4, 0.5) is 11.4 Å². The predicted molar refractivity (Wildman–Crippen MR) is 131 cm³/mol. The lowest BCUT2D eigenvalue weighted by Crippen LogP contribution is -2.51. The number of ether oxygens (including phenoxy) is 1. The zero-order valence-corrected chi connectivity index (χ0v) is 19.0. The summed E-state index contributed by atoms with van der Waals surface area (Å²) in [4.78, 5) is 19.6. The number of rotatable bonds is 7. The van der Waals surface area contributed by atoms with Crippen molar-refractivity contribution >= 4 is 28.9 Å². The molecule has 0 aliphatic carbocycles. The lowest BCUT2D eigenvalue weighted by atomic mass is 10.2. The van der Waals surface area contributed by atoms with E-state index in [0.717, 1.165) is 35.8 Å². The molecule has 3 aromatic carbocycles. The van der Waals surface area contributed by atoms with Crippen molar-refractivity contribution in [3.63, 3.8) is 0 Å². The van der Waals surface area contributed by atoms with Crippen molar-refractivity contribution in [2.45, 2.75) is 6.54 Å². The number of benzene rings is 3. The maximum absolute atomic E-state index is 13.2. The second-order valence-electron chi connectivity index (χ2n) is 7.89. The van der Waals surface area contributed by atoms with E-state index >= 15 is 0 Å². The van der Waals surface area contributed by atoms with Gasteiger partial charge in [0.15, 0.2) is 0 Å². The molecular formula is C26H28ClN3O2. The fourth-order valence-electron chi connectivity index (χ4n) is 3.98. The van der Waals surface area contributed by atoms with Crippen molar-refractivity contribution in [2.75, 3.05) is 49.6 Å². The van der Waals surface area contributed by atoms with E-state index < -0.39 is 0 Å². The minimum Gasteiger partial charge on any atom is -0.497 e. The summed E-state index contributed by atoms with van der Waals surface area (Å²) in [5, 5.41) is 0.688. The topological polar surface area (TPSA) is 36.0 Å². The summed E-state index contributed by atoms with van der Waals surface area (Å²) >= 11 is 6.08. The fourth-order valence-corrected chi connectivity index (χ4v) is 4.10. The number of hydrogen-bond donors (Lipinski definition) is 0. The van der Waals surface area contributed by atoms with Crippen LogP contribution in [-0.2, 0) is 11.3 Å². The van der Waals surface area contributed by atoms with Gasteiger partial charge in [-0.25, -0.2) is 0 Å². The van der Waals surface area contributed by atoms with Crippen molar-refractivity contribution in [1.82, 2.24) is 4.90 Å². The van der Waals surface area contributed by atoms with Crippen LogP contribution in [0, 0.1) is 0 Å². The van der Waals surface area contributed by atoms with Gasteiger partial charge in [-0.05, 0) is 42.0 Å². The van der Waals surface area contributed by atoms with E-state index in [2.05, 4.69) is 28.0 Å². The minimum absolute atomic E-state index is 0.140. The second kappa shape index (κ2) is 10.4. The fraction of sp³-hybridized carbons (Fsp3) is 0.269. The molecule has 0 aromatic heterocycles. The van der Waals surface area contributed by atoms with Gasteiger partial charge < -0.3 is 19.4 Å². The Bertz CT molecular complexity index is 1020. The molecule has 5 nitrogen and oxygen atoms in total. The van der Waals surface area contributed by atoms with E-state index in [4.69, 9.17) is 16.3 Å². The van der Waals surface area contributed by atoms with Gasteiger partial charge in [-0.1, -0.05) is 48.0 Å². The van der Waals surface area contributed by atoms with Gasteiger partial charge in [-0.3, -0.25) is 4.79 Å². The van der Waals surface area contributed by atoms with Crippen LogP contribution in [0.5, 0.6) is 5.75 Å². The molecule has 166 valence electrons. The van der Waals surface area contributed by atoms with E-state index in [1.54, 1.807) is 7.11 Å². The Kier molecular flexibility index (Phi) is 7.17. The molecule has 1 fully saturated rings. The van der Waals surface area contributed by atoms with Crippen LogP contribution in [-0.4, -0.2) is 50.6 Å². The Morgan fingerprint density at radius 2 is 1.66 bits per heavy atom. The van der Waals surface area contributed by atoms with Gasteiger partial charge in [-0.2, -0.15) is 0 Å². The van der Waals surface area contributed by atoms with Gasteiger partial charge in [0.1, 0.15) is 5.75 Å². The van der Waals surface area contributed by atoms with Crippen LogP contribution < -0.4 is 14.5 Å². The molecule has 1 heterocycles. The van der Waals surface area contributed by atoms with Gasteiger partial charge in [-0.15, -0.1) is 0 Å². The number of hydrogen-bond acceptors (Lipinski definition) is 4. The lowest BCUT2D eigenvalue weighted by Gasteiger charge is -2.37. The van der Waals surface area contributed by atoms with Crippen molar-refractivity contribution in [3.8, 4) is 5.75 Å². The Hall–Kier alpha value is -3.18. The molecular weight excluding hydrogens is 422 g/mol. The van der Waals surface area contributed by atoms with Crippen molar-refractivity contribution in [1.29, 1.82) is 0 Å². The summed E-state index contributed by atoms with van der Waals surface area (Å²) in [6, 6.07) is 26.0. The highest BCUT2D eigenvalue weighted by Crippen LogP contribution is 2.23. The van der Waals surface area contributed by atoms with Crippen molar-refractivity contribution < 1.29 is 9.53 Å². The zero-order valence-electron chi connectivity index (χ0n) is 18.3. The molecule has 32 heavy (non-hydrogen) atoms. The van der Waals surface area contributed by atoms with Gasteiger partial charge in [0, 0.05) is 55.2 Å². The molecule has 0 N–H and O–H groups in total. The number of methoxy groups -OCH3 is 1. The summed E-state index contributed by atoms with van der Waals surface area (Å²) in [5.74, 6) is 0.988. The quantitative estimate of drug-likeness (QED) is 0.523. The first-order valence-corrected chi connectivity index (χ1v) is 11.2. The Balaban J connectivity index is 1.41. The van der Waals surface area contributed by atoms with E-state index in [-0.39, 0.29) is 5.91 Å². The number of halogens is 1. The molecule has 0 unspecified atom stereocenters. The average Bonchev–Trinajstić information content (AvgIpc) is 2.85. The molecule has 0 saturated carbocycles. The van der Waals surface area contributed by atoms with Gasteiger partial charge >= 0.3 is 0 Å². The summed E-state index contributed by atoms with van der Waals surface area (Å²) in [7, 11) is 1.68. The number of anilines is 2. The Morgan fingerprint density at radius 1 is 0.938 bits per heavy atom. The van der Waals surface area contributed by atoms with Crippen LogP contribution in [0.2, 0.25) is 5.02 Å². The predicted octanol–water partition coefficient (Wildman–Crippen LogP) is 4.70. The Labute approximate surface area is 194 Å². The van der Waals surface area contributed by atoms with E-state index in [9.17, 15) is 4.79 Å². The van der Waals surface area contributed by atoms with Gasteiger partial charge in [0.25, 0.3) is 0 Å². The van der Waals surface area contributed by atoms with Crippen LogP contribution >= 0.6 is 11.6 Å². The first-order valence-electron chi connectivity index (χ1n) is 10.8. The summed E-state index contributed by atoms with van der Waals surface area (Å²) in [6.45, 7) is 4.01. The van der Waals surface area contributed by atoms with E-state index in [1.165, 1.54) is 0 Å². The molecule has 0 spiro atoms. The average molecular weight is 450 g/mol. The van der Waals surface area contributed by atoms with E-state index in [0.29, 0.717) is 31.2 Å². The monoisotopic (exact) mass is 449 g/mol. The highest BCUT2D eigenvalue weighted by atomic mass is 35.5. The molecule has 3 aromatic rings. The SMILES string of the molecule is COc1cccc(N2CCN(C(=O)CN(Cc3ccccc3)c3ccc(Cl)cc3)CC2)c1. The third kappa shape index (κ3) is 5.54. The first kappa shape index (κ1) is 22.0. The maximum Gasteiger partial charge on any atom is 0.242 e. The van der Waals surface area contributed by atoms with Crippen LogP contribution in [0.25, 0.3) is 0 Å². The number of carbonyl (C=O) groups excluding carboxylic acids is 1. The van der Waals surface area contributed by atoms with Crippen LogP contribution in [0.15, 0.2) is 78.9 Å². The molecule has 4 rings (SSSR count). The summed E-state index contributed by atoms with van der Waals surface area (Å²) < 4.78 is 5.34. The Morgan fingerprint density at radius 3 is 2.34 bits per heavy atom. The standard InChI is InChI=1S/C26H28ClN3O2/c1-32-25-9-5-8-24(18-25)28-14-16-29(17-15-28)26(31)20-30(19-21-6-3-2-4-7-21)23-12-10-22(27)11-13-23/h2-13,18H,14-17,19-20H2,1H3. The smallest absolute Gasteiger partial charge is 0.242 e. The molecule has 1 aliphatic heterocycles. The van der Waals surface area contributed by atoms with Crippen LogP contribution in [0.3, 0.4) is 0 Å². The van der Waals surface area contributed by atoms with E-state index in [1.807, 2.05) is 65.6 Å². The number of carbonyl (C=O) groups is 1. The van der Waals surface area contributed by atoms with Crippen LogP contribution in [0.1, 0.15) is 5.56 Å². The number of piperazine rings is 1. The maximum atomic E-state index is 13.2. The lowest BCUT2D eigenvalue weighted by molar-refractivity contribution is -0.130. The van der Waals surface area contributed by atoms with Gasteiger partial charge in [0.05, 0.1) is 13.7 Å². The third-order valence-electron chi connectivity index (χ3n) is 5.78. The highest BCUT2D eigenvalue weighted by molar-refractivity contribution is 6.30. The summed E-state index contributed by atoms with van der Waals surface area (Å²) in [6.07, 6.45) is 0. The normalized spacial score (nSPS) is 13.7. The molecule has 1 aliphatic rings. The second-order valence-corrected chi connectivity index (χ2v) is 8.32. The summed E-state index contributed by atoms with van der Waals surface area (Å²) in [5.41, 5.74) is 3.28.